The first-order valence-electron chi connectivity index (χ1n) is 11.6. The molecule has 0 unspecified atom stereocenters. The fourth-order valence-corrected chi connectivity index (χ4v) is 4.88. The van der Waals surface area contributed by atoms with Crippen molar-refractivity contribution >= 4 is 11.7 Å². The van der Waals surface area contributed by atoms with E-state index in [0.717, 1.165) is 39.6 Å². The molecular formula is C28H29N5O. The van der Waals surface area contributed by atoms with Gasteiger partial charge < -0.3 is 0 Å². The van der Waals surface area contributed by atoms with Crippen LogP contribution in [0, 0.1) is 34.6 Å². The first-order valence-corrected chi connectivity index (χ1v) is 11.6. The Kier molecular flexibility index (Phi) is 5.52. The van der Waals surface area contributed by atoms with Crippen LogP contribution < -0.4 is 4.90 Å². The Labute approximate surface area is 200 Å². The normalized spacial score (nSPS) is 15.5. The molecule has 4 aromatic rings. The SMILES string of the molecule is Cc1ccc([C@H]2CC(=O)N(Cc3cccc(C)c3)c3c2c(C)nn3-c2nc(C)cc(C)n2)cc1. The van der Waals surface area contributed by atoms with Gasteiger partial charge in [0.05, 0.1) is 12.2 Å². The fraction of sp³-hybridized carbons (Fsp3) is 0.286. The van der Waals surface area contributed by atoms with Crippen molar-refractivity contribution in [2.24, 2.45) is 0 Å². The highest BCUT2D eigenvalue weighted by Gasteiger charge is 2.38. The molecule has 3 heterocycles. The number of benzene rings is 2. The van der Waals surface area contributed by atoms with E-state index in [0.29, 0.717) is 18.9 Å². The molecule has 5 rings (SSSR count). The van der Waals surface area contributed by atoms with E-state index >= 15 is 0 Å². The maximum atomic E-state index is 13.7. The second-order valence-electron chi connectivity index (χ2n) is 9.32. The van der Waals surface area contributed by atoms with Crippen LogP contribution in [-0.4, -0.2) is 25.7 Å². The molecule has 0 N–H and O–H groups in total. The smallest absolute Gasteiger partial charge is 0.252 e. The number of nitrogens with zero attached hydrogens (tertiary/aromatic N) is 5. The fourth-order valence-electron chi connectivity index (χ4n) is 4.88. The van der Waals surface area contributed by atoms with Crippen LogP contribution in [-0.2, 0) is 11.3 Å². The highest BCUT2D eigenvalue weighted by molar-refractivity contribution is 5.97. The maximum absolute atomic E-state index is 13.7. The average Bonchev–Trinajstić information content (AvgIpc) is 3.13. The molecule has 172 valence electrons. The summed E-state index contributed by atoms with van der Waals surface area (Å²) in [6, 6.07) is 18.7. The van der Waals surface area contributed by atoms with Gasteiger partial charge in [-0.05, 0) is 51.8 Å². The molecule has 34 heavy (non-hydrogen) atoms. The van der Waals surface area contributed by atoms with Crippen LogP contribution in [0.5, 0.6) is 0 Å². The number of aromatic nitrogens is 4. The maximum Gasteiger partial charge on any atom is 0.252 e. The minimum absolute atomic E-state index is 0.0588. The molecule has 0 aliphatic carbocycles. The number of hydrogen-bond donors (Lipinski definition) is 0. The van der Waals surface area contributed by atoms with Gasteiger partial charge in [-0.1, -0.05) is 59.7 Å². The number of rotatable bonds is 4. The van der Waals surface area contributed by atoms with Gasteiger partial charge >= 0.3 is 0 Å². The van der Waals surface area contributed by atoms with Crippen LogP contribution in [0.2, 0.25) is 0 Å². The topological polar surface area (TPSA) is 63.9 Å². The molecule has 6 nitrogen and oxygen atoms in total. The molecule has 0 saturated carbocycles. The highest BCUT2D eigenvalue weighted by Crippen LogP contribution is 2.43. The molecule has 0 spiro atoms. The van der Waals surface area contributed by atoms with E-state index in [9.17, 15) is 4.79 Å². The zero-order valence-corrected chi connectivity index (χ0v) is 20.3. The number of fused-ring (bicyclic) bond motifs is 1. The van der Waals surface area contributed by atoms with Gasteiger partial charge in [0.1, 0.15) is 5.82 Å². The van der Waals surface area contributed by atoms with Crippen LogP contribution >= 0.6 is 0 Å². The lowest BCUT2D eigenvalue weighted by molar-refractivity contribution is -0.119. The van der Waals surface area contributed by atoms with E-state index in [1.807, 2.05) is 37.8 Å². The predicted molar refractivity (Wildman–Crippen MR) is 133 cm³/mol. The van der Waals surface area contributed by atoms with E-state index in [4.69, 9.17) is 5.10 Å². The Hall–Kier alpha value is -3.80. The predicted octanol–water partition coefficient (Wildman–Crippen LogP) is 5.27. The van der Waals surface area contributed by atoms with Crippen LogP contribution in [0.3, 0.4) is 0 Å². The second kappa shape index (κ2) is 8.52. The largest absolute Gasteiger partial charge is 0.292 e. The molecular weight excluding hydrogens is 422 g/mol. The summed E-state index contributed by atoms with van der Waals surface area (Å²) in [4.78, 5) is 24.9. The summed E-state index contributed by atoms with van der Waals surface area (Å²) in [6.07, 6.45) is 0.405. The zero-order valence-electron chi connectivity index (χ0n) is 20.3. The minimum Gasteiger partial charge on any atom is -0.292 e. The number of carbonyl (C=O) groups is 1. The lowest BCUT2D eigenvalue weighted by Gasteiger charge is -2.33. The summed E-state index contributed by atoms with van der Waals surface area (Å²) in [5.74, 6) is 1.28. The summed E-state index contributed by atoms with van der Waals surface area (Å²) in [5, 5.41) is 4.88. The van der Waals surface area contributed by atoms with Gasteiger partial charge in [0.15, 0.2) is 0 Å². The van der Waals surface area contributed by atoms with Crippen molar-refractivity contribution in [3.63, 3.8) is 0 Å². The summed E-state index contributed by atoms with van der Waals surface area (Å²) < 4.78 is 1.76. The Morgan fingerprint density at radius 3 is 2.26 bits per heavy atom. The monoisotopic (exact) mass is 451 g/mol. The lowest BCUT2D eigenvalue weighted by Crippen LogP contribution is -2.38. The average molecular weight is 452 g/mol. The van der Waals surface area contributed by atoms with Gasteiger partial charge in [0.25, 0.3) is 5.95 Å². The first kappa shape index (κ1) is 22.0. The van der Waals surface area contributed by atoms with Gasteiger partial charge in [-0.3, -0.25) is 9.69 Å². The quantitative estimate of drug-likeness (QED) is 0.424. The van der Waals surface area contributed by atoms with E-state index < -0.39 is 0 Å². The third-order valence-electron chi connectivity index (χ3n) is 6.43. The van der Waals surface area contributed by atoms with Crippen molar-refractivity contribution in [1.82, 2.24) is 19.7 Å². The van der Waals surface area contributed by atoms with Crippen molar-refractivity contribution in [2.75, 3.05) is 4.90 Å². The Morgan fingerprint density at radius 2 is 1.59 bits per heavy atom. The third kappa shape index (κ3) is 4.00. The molecule has 0 radical (unpaired) electrons. The minimum atomic E-state index is -0.0588. The van der Waals surface area contributed by atoms with Gasteiger partial charge in [0.2, 0.25) is 5.91 Å². The summed E-state index contributed by atoms with van der Waals surface area (Å²) in [5.41, 5.74) is 8.27. The number of carbonyl (C=O) groups excluding carboxylic acids is 1. The van der Waals surface area contributed by atoms with Gasteiger partial charge in [-0.2, -0.15) is 9.78 Å². The van der Waals surface area contributed by atoms with Crippen LogP contribution in [0.4, 0.5) is 5.82 Å². The number of anilines is 1. The Bertz CT molecular complexity index is 1370. The van der Waals surface area contributed by atoms with Crippen molar-refractivity contribution in [1.29, 1.82) is 0 Å². The van der Waals surface area contributed by atoms with E-state index in [1.54, 1.807) is 4.68 Å². The highest BCUT2D eigenvalue weighted by atomic mass is 16.2. The Morgan fingerprint density at radius 1 is 0.882 bits per heavy atom. The number of aryl methyl sites for hydroxylation is 5. The molecule has 1 amide bonds. The van der Waals surface area contributed by atoms with Crippen molar-refractivity contribution in [3.05, 3.63) is 99.5 Å². The third-order valence-corrected chi connectivity index (χ3v) is 6.43. The van der Waals surface area contributed by atoms with E-state index in [1.165, 1.54) is 11.1 Å². The molecule has 1 atom stereocenters. The van der Waals surface area contributed by atoms with Crippen LogP contribution in [0.1, 0.15) is 57.2 Å². The van der Waals surface area contributed by atoms with E-state index in [2.05, 4.69) is 66.3 Å². The number of amides is 1. The first-order chi connectivity index (χ1) is 16.3. The molecule has 1 aliphatic heterocycles. The molecule has 6 heteroatoms. The summed E-state index contributed by atoms with van der Waals surface area (Å²) in [6.45, 7) is 10.5. The summed E-state index contributed by atoms with van der Waals surface area (Å²) in [7, 11) is 0. The molecule has 2 aromatic heterocycles. The molecule has 2 aromatic carbocycles. The Balaban J connectivity index is 1.71. The molecule has 1 aliphatic rings. The number of hydrogen-bond acceptors (Lipinski definition) is 4. The molecule has 0 saturated heterocycles. The standard InChI is InChI=1S/C28H29N5O/c1-17-9-11-23(12-10-17)24-15-25(34)32(16-22-8-6-7-18(2)13-22)27-26(24)21(5)31-33(27)28-29-19(3)14-20(4)30-28/h6-14,24H,15-16H2,1-5H3/t24-/m1/s1. The van der Waals surface area contributed by atoms with Gasteiger partial charge in [-0.15, -0.1) is 0 Å². The molecule has 0 fully saturated rings. The van der Waals surface area contributed by atoms with Crippen molar-refractivity contribution in [2.45, 2.75) is 53.5 Å². The lowest BCUT2D eigenvalue weighted by atomic mass is 9.84. The van der Waals surface area contributed by atoms with E-state index in [-0.39, 0.29) is 11.8 Å². The van der Waals surface area contributed by atoms with Gasteiger partial charge in [0, 0.05) is 29.3 Å². The van der Waals surface area contributed by atoms with Crippen LogP contribution in [0.15, 0.2) is 54.6 Å². The zero-order chi connectivity index (χ0) is 24.0. The molecule has 0 bridgehead atoms. The second-order valence-corrected chi connectivity index (χ2v) is 9.32. The van der Waals surface area contributed by atoms with Crippen molar-refractivity contribution in [3.8, 4) is 5.95 Å². The van der Waals surface area contributed by atoms with Gasteiger partial charge in [-0.25, -0.2) is 9.97 Å². The van der Waals surface area contributed by atoms with Crippen molar-refractivity contribution < 1.29 is 4.79 Å². The summed E-state index contributed by atoms with van der Waals surface area (Å²) >= 11 is 0. The van der Waals surface area contributed by atoms with Crippen LogP contribution in [0.25, 0.3) is 5.95 Å².